The molecule has 1 fully saturated rings. The summed E-state index contributed by atoms with van der Waals surface area (Å²) in [7, 11) is 3.77. The topological polar surface area (TPSA) is 67.3 Å². The molecule has 0 saturated carbocycles. The molecule has 1 aliphatic heterocycles. The zero-order valence-electron chi connectivity index (χ0n) is 14.5. The Kier molecular flexibility index (Phi) is 5.57. The van der Waals surface area contributed by atoms with Crippen LogP contribution < -0.4 is 9.80 Å². The smallest absolute Gasteiger partial charge is 0.225 e. The molecule has 0 radical (unpaired) electrons. The minimum Gasteiger partial charge on any atom is -0.384 e. The van der Waals surface area contributed by atoms with E-state index in [-0.39, 0.29) is 0 Å². The Hall–Kier alpha value is -1.80. The van der Waals surface area contributed by atoms with Crippen LogP contribution in [0, 0.1) is 6.92 Å². The maximum absolute atomic E-state index is 5.10. The van der Waals surface area contributed by atoms with E-state index in [0.29, 0.717) is 12.6 Å². The van der Waals surface area contributed by atoms with Crippen LogP contribution in [-0.4, -0.2) is 59.2 Å². The molecule has 0 N–H and O–H groups in total. The summed E-state index contributed by atoms with van der Waals surface area (Å²) >= 11 is 1.48. The van der Waals surface area contributed by atoms with Crippen molar-refractivity contribution in [1.29, 1.82) is 0 Å². The number of anilines is 2. The lowest BCUT2D eigenvalue weighted by Crippen LogP contribution is -2.47. The zero-order valence-corrected chi connectivity index (χ0v) is 15.3. The first kappa shape index (κ1) is 17.0. The van der Waals surface area contributed by atoms with Gasteiger partial charge in [-0.05, 0) is 25.3 Å². The van der Waals surface area contributed by atoms with Gasteiger partial charge in [0, 0.05) is 63.6 Å². The molecule has 3 heterocycles. The fourth-order valence-electron chi connectivity index (χ4n) is 2.84. The molecular formula is C16H24N6OS. The third kappa shape index (κ3) is 3.99. The molecule has 24 heavy (non-hydrogen) atoms. The zero-order chi connectivity index (χ0) is 16.9. The standard InChI is InChI=1S/C16H24N6OS/c1-12-9-17-15(18-10-12)21(2)13-5-4-7-22(11-13)16-19-14(20-24-16)6-8-23-3/h9-10,13H,4-8,11H2,1-3H3. The summed E-state index contributed by atoms with van der Waals surface area (Å²) in [5.41, 5.74) is 1.08. The molecule has 1 saturated heterocycles. The summed E-state index contributed by atoms with van der Waals surface area (Å²) in [4.78, 5) is 18.1. The van der Waals surface area contributed by atoms with Crippen molar-refractivity contribution >= 4 is 22.6 Å². The highest BCUT2D eigenvalue weighted by atomic mass is 32.1. The fourth-order valence-corrected chi connectivity index (χ4v) is 3.59. The second-order valence-corrected chi connectivity index (χ2v) is 6.88. The number of ether oxygens (including phenoxy) is 1. The van der Waals surface area contributed by atoms with Crippen LogP contribution in [0.15, 0.2) is 12.4 Å². The number of methoxy groups -OCH3 is 1. The first-order valence-corrected chi connectivity index (χ1v) is 9.02. The Balaban J connectivity index is 1.65. The van der Waals surface area contributed by atoms with Crippen LogP contribution in [0.1, 0.15) is 24.2 Å². The summed E-state index contributed by atoms with van der Waals surface area (Å²) in [6.07, 6.45) is 6.77. The highest BCUT2D eigenvalue weighted by Gasteiger charge is 2.26. The Morgan fingerprint density at radius 1 is 1.38 bits per heavy atom. The SMILES string of the molecule is COCCc1nsc(N2CCCC(N(C)c3ncc(C)cn3)C2)n1. The van der Waals surface area contributed by atoms with Crippen LogP contribution >= 0.6 is 11.5 Å². The summed E-state index contributed by atoms with van der Waals surface area (Å²) in [5.74, 6) is 1.65. The van der Waals surface area contributed by atoms with E-state index >= 15 is 0 Å². The third-order valence-corrected chi connectivity index (χ3v) is 5.10. The first-order chi connectivity index (χ1) is 11.7. The highest BCUT2D eigenvalue weighted by molar-refractivity contribution is 7.09. The minimum atomic E-state index is 0.382. The second kappa shape index (κ2) is 7.85. The summed E-state index contributed by atoms with van der Waals surface area (Å²) in [6, 6.07) is 0.382. The number of hydrogen-bond donors (Lipinski definition) is 0. The maximum atomic E-state index is 5.10. The monoisotopic (exact) mass is 348 g/mol. The third-order valence-electron chi connectivity index (χ3n) is 4.28. The molecule has 1 aliphatic rings. The van der Waals surface area contributed by atoms with E-state index in [9.17, 15) is 0 Å². The van der Waals surface area contributed by atoms with Crippen molar-refractivity contribution in [2.45, 2.75) is 32.2 Å². The van der Waals surface area contributed by atoms with Gasteiger partial charge in [0.2, 0.25) is 11.1 Å². The summed E-state index contributed by atoms with van der Waals surface area (Å²) in [6.45, 7) is 4.61. The molecule has 0 spiro atoms. The first-order valence-electron chi connectivity index (χ1n) is 8.25. The van der Waals surface area contributed by atoms with Gasteiger partial charge in [-0.15, -0.1) is 0 Å². The molecule has 3 rings (SSSR count). The van der Waals surface area contributed by atoms with Gasteiger partial charge in [-0.1, -0.05) is 0 Å². The van der Waals surface area contributed by atoms with Crippen LogP contribution in [0.2, 0.25) is 0 Å². The van der Waals surface area contributed by atoms with E-state index in [1.54, 1.807) is 7.11 Å². The van der Waals surface area contributed by atoms with Gasteiger partial charge in [0.15, 0.2) is 0 Å². The Bertz CT molecular complexity index is 646. The average molecular weight is 348 g/mol. The van der Waals surface area contributed by atoms with Gasteiger partial charge in [-0.2, -0.15) is 4.37 Å². The predicted octanol–water partition coefficient (Wildman–Crippen LogP) is 1.93. The minimum absolute atomic E-state index is 0.382. The van der Waals surface area contributed by atoms with Gasteiger partial charge in [0.05, 0.1) is 6.61 Å². The predicted molar refractivity (Wildman–Crippen MR) is 95.9 cm³/mol. The molecule has 0 aliphatic carbocycles. The molecule has 0 bridgehead atoms. The summed E-state index contributed by atoms with van der Waals surface area (Å²) in [5, 5.41) is 1.00. The lowest BCUT2D eigenvalue weighted by atomic mass is 10.1. The van der Waals surface area contributed by atoms with Crippen molar-refractivity contribution in [3.8, 4) is 0 Å². The van der Waals surface area contributed by atoms with Crippen molar-refractivity contribution in [3.63, 3.8) is 0 Å². The highest BCUT2D eigenvalue weighted by Crippen LogP contribution is 2.25. The van der Waals surface area contributed by atoms with E-state index in [2.05, 4.69) is 36.2 Å². The quantitative estimate of drug-likeness (QED) is 0.790. The van der Waals surface area contributed by atoms with Crippen LogP contribution in [0.5, 0.6) is 0 Å². The average Bonchev–Trinajstić information content (AvgIpc) is 3.09. The molecule has 1 atom stereocenters. The Labute approximate surface area is 146 Å². The normalized spacial score (nSPS) is 18.0. The number of hydrogen-bond acceptors (Lipinski definition) is 8. The molecule has 0 amide bonds. The van der Waals surface area contributed by atoms with Crippen LogP contribution in [0.3, 0.4) is 0 Å². The van der Waals surface area contributed by atoms with Crippen LogP contribution in [0.4, 0.5) is 11.1 Å². The van der Waals surface area contributed by atoms with E-state index in [1.165, 1.54) is 11.5 Å². The maximum Gasteiger partial charge on any atom is 0.225 e. The van der Waals surface area contributed by atoms with Gasteiger partial charge in [-0.25, -0.2) is 15.0 Å². The van der Waals surface area contributed by atoms with Crippen LogP contribution in [0.25, 0.3) is 0 Å². The van der Waals surface area contributed by atoms with Gasteiger partial charge < -0.3 is 14.5 Å². The number of rotatable bonds is 6. The molecule has 130 valence electrons. The fraction of sp³-hybridized carbons (Fsp3) is 0.625. The number of aromatic nitrogens is 4. The van der Waals surface area contributed by atoms with Gasteiger partial charge in [0.1, 0.15) is 5.82 Å². The van der Waals surface area contributed by atoms with Gasteiger partial charge in [0.25, 0.3) is 0 Å². The molecule has 2 aromatic heterocycles. The lowest BCUT2D eigenvalue weighted by Gasteiger charge is -2.37. The van der Waals surface area contributed by atoms with E-state index < -0.39 is 0 Å². The van der Waals surface area contributed by atoms with Crippen molar-refractivity contribution in [2.75, 3.05) is 43.7 Å². The largest absolute Gasteiger partial charge is 0.384 e. The molecular weight excluding hydrogens is 324 g/mol. The molecule has 1 unspecified atom stereocenters. The number of aryl methyl sites for hydroxylation is 1. The second-order valence-electron chi connectivity index (χ2n) is 6.15. The summed E-state index contributed by atoms with van der Waals surface area (Å²) < 4.78 is 9.53. The van der Waals surface area contributed by atoms with Crippen molar-refractivity contribution in [2.24, 2.45) is 0 Å². The van der Waals surface area contributed by atoms with E-state index in [1.807, 2.05) is 19.3 Å². The van der Waals surface area contributed by atoms with Crippen molar-refractivity contribution in [3.05, 3.63) is 23.8 Å². The van der Waals surface area contributed by atoms with E-state index in [0.717, 1.165) is 54.8 Å². The van der Waals surface area contributed by atoms with Crippen molar-refractivity contribution < 1.29 is 4.74 Å². The number of likely N-dealkylation sites (N-methyl/N-ethyl adjacent to an activating group) is 1. The lowest BCUT2D eigenvalue weighted by molar-refractivity contribution is 0.201. The molecule has 7 nitrogen and oxygen atoms in total. The van der Waals surface area contributed by atoms with E-state index in [4.69, 9.17) is 4.74 Å². The Morgan fingerprint density at radius 3 is 2.92 bits per heavy atom. The Morgan fingerprint density at radius 2 is 2.17 bits per heavy atom. The number of nitrogens with zero attached hydrogens (tertiary/aromatic N) is 6. The molecule has 8 heteroatoms. The molecule has 0 aromatic carbocycles. The molecule has 2 aromatic rings. The van der Waals surface area contributed by atoms with Crippen LogP contribution in [-0.2, 0) is 11.2 Å². The van der Waals surface area contributed by atoms with Gasteiger partial charge >= 0.3 is 0 Å². The van der Waals surface area contributed by atoms with Crippen molar-refractivity contribution in [1.82, 2.24) is 19.3 Å². The van der Waals surface area contributed by atoms with Gasteiger partial charge in [-0.3, -0.25) is 0 Å². The number of piperidine rings is 1.